The molecule has 0 amide bonds. The minimum Gasteiger partial charge on any atom is -0.490 e. The molecule has 0 spiro atoms. The first-order valence-electron chi connectivity index (χ1n) is 5.43. The second-order valence-electron chi connectivity index (χ2n) is 3.92. The summed E-state index contributed by atoms with van der Waals surface area (Å²) >= 11 is 3.41. The second-order valence-corrected chi connectivity index (χ2v) is 4.84. The van der Waals surface area contributed by atoms with Crippen LogP contribution in [0.4, 0.5) is 0 Å². The van der Waals surface area contributed by atoms with Crippen molar-refractivity contribution in [1.29, 1.82) is 0 Å². The summed E-state index contributed by atoms with van der Waals surface area (Å²) in [4.78, 5) is 0. The molecule has 82 valence electrons. The topological polar surface area (TPSA) is 21.3 Å². The number of hydrogen-bond acceptors (Lipinski definition) is 2. The highest BCUT2D eigenvalue weighted by atomic mass is 79.9. The van der Waals surface area contributed by atoms with Crippen molar-refractivity contribution >= 4 is 15.9 Å². The number of hydrogen-bond donors (Lipinski definition) is 1. The quantitative estimate of drug-likeness (QED) is 0.908. The summed E-state index contributed by atoms with van der Waals surface area (Å²) in [5.74, 6) is 0.971. The van der Waals surface area contributed by atoms with Gasteiger partial charge >= 0.3 is 0 Å². The average molecular weight is 270 g/mol. The van der Waals surface area contributed by atoms with E-state index in [2.05, 4.69) is 28.2 Å². The first-order valence-corrected chi connectivity index (χ1v) is 6.23. The normalized spacial score (nSPS) is 24.7. The Bertz CT molecular complexity index is 306. The van der Waals surface area contributed by atoms with Gasteiger partial charge in [-0.05, 0) is 43.7 Å². The highest BCUT2D eigenvalue weighted by Gasteiger charge is 2.29. The lowest BCUT2D eigenvalue weighted by molar-refractivity contribution is 0.0859. The van der Waals surface area contributed by atoms with Crippen molar-refractivity contribution in [2.24, 2.45) is 0 Å². The van der Waals surface area contributed by atoms with Crippen molar-refractivity contribution in [1.82, 2.24) is 5.32 Å². The van der Waals surface area contributed by atoms with E-state index in [0.29, 0.717) is 12.1 Å². The monoisotopic (exact) mass is 269 g/mol. The summed E-state index contributed by atoms with van der Waals surface area (Å²) in [5.41, 5.74) is 0. The van der Waals surface area contributed by atoms with Crippen LogP contribution in [-0.2, 0) is 0 Å². The first kappa shape index (κ1) is 11.0. The molecule has 0 aliphatic heterocycles. The fourth-order valence-corrected chi connectivity index (χ4v) is 2.09. The zero-order valence-corrected chi connectivity index (χ0v) is 10.5. The Morgan fingerprint density at radius 3 is 2.60 bits per heavy atom. The lowest BCUT2D eigenvalue weighted by atomic mass is 9.89. The summed E-state index contributed by atoms with van der Waals surface area (Å²) in [7, 11) is 0. The summed E-state index contributed by atoms with van der Waals surface area (Å²) in [5, 5.41) is 3.42. The van der Waals surface area contributed by atoms with Gasteiger partial charge < -0.3 is 10.1 Å². The van der Waals surface area contributed by atoms with Gasteiger partial charge in [-0.15, -0.1) is 0 Å². The predicted octanol–water partition coefficient (Wildman–Crippen LogP) is 2.97. The molecule has 1 aromatic carbocycles. The molecule has 0 heterocycles. The largest absolute Gasteiger partial charge is 0.490 e. The maximum atomic E-state index is 5.82. The first-order chi connectivity index (χ1) is 7.28. The summed E-state index contributed by atoms with van der Waals surface area (Å²) in [6.45, 7) is 3.19. The number of nitrogens with one attached hydrogen (secondary N) is 1. The van der Waals surface area contributed by atoms with Gasteiger partial charge in [-0.1, -0.05) is 22.9 Å². The van der Waals surface area contributed by atoms with Crippen LogP contribution in [0.25, 0.3) is 0 Å². The van der Waals surface area contributed by atoms with Crippen LogP contribution in [-0.4, -0.2) is 18.7 Å². The SMILES string of the molecule is CCNC1CC(Oc2ccc(Br)cc2)C1. The zero-order chi connectivity index (χ0) is 10.7. The summed E-state index contributed by atoms with van der Waals surface area (Å²) in [6.07, 6.45) is 2.66. The average Bonchev–Trinajstić information content (AvgIpc) is 2.18. The molecule has 0 unspecified atom stereocenters. The maximum absolute atomic E-state index is 5.82. The molecule has 0 atom stereocenters. The van der Waals surface area contributed by atoms with Gasteiger partial charge in [-0.25, -0.2) is 0 Å². The summed E-state index contributed by atoms with van der Waals surface area (Å²) < 4.78 is 6.91. The molecular formula is C12H16BrNO. The molecule has 0 radical (unpaired) electrons. The van der Waals surface area contributed by atoms with Crippen molar-refractivity contribution in [2.75, 3.05) is 6.54 Å². The van der Waals surface area contributed by atoms with Crippen LogP contribution in [0.5, 0.6) is 5.75 Å². The van der Waals surface area contributed by atoms with E-state index in [1.54, 1.807) is 0 Å². The highest BCUT2D eigenvalue weighted by Crippen LogP contribution is 2.26. The summed E-state index contributed by atoms with van der Waals surface area (Å²) in [6, 6.07) is 8.69. The van der Waals surface area contributed by atoms with Crippen LogP contribution >= 0.6 is 15.9 Å². The van der Waals surface area contributed by atoms with Crippen LogP contribution in [0.2, 0.25) is 0 Å². The Morgan fingerprint density at radius 1 is 1.33 bits per heavy atom. The molecule has 0 saturated heterocycles. The zero-order valence-electron chi connectivity index (χ0n) is 8.87. The van der Waals surface area contributed by atoms with Crippen LogP contribution < -0.4 is 10.1 Å². The molecular weight excluding hydrogens is 254 g/mol. The fraction of sp³-hybridized carbons (Fsp3) is 0.500. The molecule has 0 bridgehead atoms. The van der Waals surface area contributed by atoms with Crippen LogP contribution in [0, 0.1) is 0 Å². The molecule has 0 aromatic heterocycles. The second kappa shape index (κ2) is 4.99. The van der Waals surface area contributed by atoms with E-state index in [4.69, 9.17) is 4.74 Å². The third-order valence-corrected chi connectivity index (χ3v) is 3.23. The fourth-order valence-electron chi connectivity index (χ4n) is 1.82. The molecule has 1 aromatic rings. The van der Waals surface area contributed by atoms with Crippen molar-refractivity contribution in [3.8, 4) is 5.75 Å². The van der Waals surface area contributed by atoms with Crippen LogP contribution in [0.3, 0.4) is 0 Å². The molecule has 2 rings (SSSR count). The standard InChI is InChI=1S/C12H16BrNO/c1-2-14-10-7-12(8-10)15-11-5-3-9(13)4-6-11/h3-6,10,12,14H,2,7-8H2,1H3. The van der Waals surface area contributed by atoms with Crippen molar-refractivity contribution in [3.05, 3.63) is 28.7 Å². The Labute approximate surface area is 99.1 Å². The minimum absolute atomic E-state index is 0.398. The molecule has 1 saturated carbocycles. The molecule has 15 heavy (non-hydrogen) atoms. The van der Waals surface area contributed by atoms with Crippen LogP contribution in [0.15, 0.2) is 28.7 Å². The smallest absolute Gasteiger partial charge is 0.119 e. The van der Waals surface area contributed by atoms with E-state index in [1.807, 2.05) is 24.3 Å². The van der Waals surface area contributed by atoms with Gasteiger partial charge in [0.25, 0.3) is 0 Å². The molecule has 1 aliphatic carbocycles. The van der Waals surface area contributed by atoms with E-state index < -0.39 is 0 Å². The third-order valence-electron chi connectivity index (χ3n) is 2.70. The molecule has 1 aliphatic rings. The molecule has 2 nitrogen and oxygen atoms in total. The highest BCUT2D eigenvalue weighted by molar-refractivity contribution is 9.10. The Kier molecular flexibility index (Phi) is 3.65. The minimum atomic E-state index is 0.398. The molecule has 1 fully saturated rings. The number of rotatable bonds is 4. The van der Waals surface area contributed by atoms with Crippen molar-refractivity contribution in [2.45, 2.75) is 31.9 Å². The Morgan fingerprint density at radius 2 is 2.00 bits per heavy atom. The van der Waals surface area contributed by atoms with Gasteiger partial charge in [-0.3, -0.25) is 0 Å². The Balaban J connectivity index is 1.77. The number of ether oxygens (including phenoxy) is 1. The van der Waals surface area contributed by atoms with E-state index in [0.717, 1.165) is 29.6 Å². The Hall–Kier alpha value is -0.540. The van der Waals surface area contributed by atoms with Gasteiger partial charge in [0, 0.05) is 10.5 Å². The van der Waals surface area contributed by atoms with Gasteiger partial charge in [0.05, 0.1) is 0 Å². The molecule has 1 N–H and O–H groups in total. The predicted molar refractivity (Wildman–Crippen MR) is 65.3 cm³/mol. The van der Waals surface area contributed by atoms with Gasteiger partial charge in [-0.2, -0.15) is 0 Å². The lowest BCUT2D eigenvalue weighted by Gasteiger charge is -2.35. The van der Waals surface area contributed by atoms with E-state index >= 15 is 0 Å². The van der Waals surface area contributed by atoms with E-state index in [1.165, 1.54) is 0 Å². The van der Waals surface area contributed by atoms with Gasteiger partial charge in [0.2, 0.25) is 0 Å². The maximum Gasteiger partial charge on any atom is 0.119 e. The van der Waals surface area contributed by atoms with Crippen LogP contribution in [0.1, 0.15) is 19.8 Å². The lowest BCUT2D eigenvalue weighted by Crippen LogP contribution is -2.46. The van der Waals surface area contributed by atoms with Gasteiger partial charge in [0.1, 0.15) is 11.9 Å². The van der Waals surface area contributed by atoms with Gasteiger partial charge in [0.15, 0.2) is 0 Å². The van der Waals surface area contributed by atoms with Crippen molar-refractivity contribution < 1.29 is 4.74 Å². The van der Waals surface area contributed by atoms with E-state index in [-0.39, 0.29) is 0 Å². The number of benzene rings is 1. The van der Waals surface area contributed by atoms with E-state index in [9.17, 15) is 0 Å². The molecule has 3 heteroatoms. The third kappa shape index (κ3) is 2.95. The van der Waals surface area contributed by atoms with Crippen molar-refractivity contribution in [3.63, 3.8) is 0 Å². The number of halogens is 1.